The molecule has 0 saturated carbocycles. The van der Waals surface area contributed by atoms with Gasteiger partial charge in [0.1, 0.15) is 6.61 Å². The predicted octanol–water partition coefficient (Wildman–Crippen LogP) is 2.38. The Bertz CT molecular complexity index is 316. The van der Waals surface area contributed by atoms with Crippen molar-refractivity contribution in [1.29, 1.82) is 0 Å². The van der Waals surface area contributed by atoms with Crippen LogP contribution in [0.2, 0.25) is 0 Å². The van der Waals surface area contributed by atoms with Gasteiger partial charge in [0, 0.05) is 12.2 Å². The summed E-state index contributed by atoms with van der Waals surface area (Å²) in [6, 6.07) is 5.46. The molecular formula is C14H22O4. The second kappa shape index (κ2) is 8.78. The highest BCUT2D eigenvalue weighted by Gasteiger charge is 2.09. The zero-order chi connectivity index (χ0) is 13.2. The lowest BCUT2D eigenvalue weighted by atomic mass is 10.2. The summed E-state index contributed by atoms with van der Waals surface area (Å²) in [5.41, 5.74) is 0.725. The molecule has 0 saturated heterocycles. The highest BCUT2D eigenvalue weighted by Crippen LogP contribution is 2.30. The molecule has 18 heavy (non-hydrogen) atoms. The number of rotatable bonds is 9. The monoisotopic (exact) mass is 254 g/mol. The summed E-state index contributed by atoms with van der Waals surface area (Å²) in [6.45, 7) is 3.82. The molecular weight excluding hydrogens is 232 g/mol. The van der Waals surface area contributed by atoms with Crippen LogP contribution in [0.15, 0.2) is 18.2 Å². The first-order valence-electron chi connectivity index (χ1n) is 6.30. The van der Waals surface area contributed by atoms with Gasteiger partial charge in [-0.25, -0.2) is 0 Å². The fourth-order valence-electron chi connectivity index (χ4n) is 1.56. The Labute approximate surface area is 108 Å². The van der Waals surface area contributed by atoms with Crippen molar-refractivity contribution in [3.8, 4) is 11.5 Å². The molecule has 4 nitrogen and oxygen atoms in total. The van der Waals surface area contributed by atoms with Gasteiger partial charge in [0.2, 0.25) is 0 Å². The second-order valence-electron chi connectivity index (χ2n) is 3.92. The Morgan fingerprint density at radius 3 is 2.67 bits per heavy atom. The number of aliphatic hydroxyl groups is 1. The van der Waals surface area contributed by atoms with Gasteiger partial charge < -0.3 is 19.3 Å². The zero-order valence-electron chi connectivity index (χ0n) is 11.1. The molecule has 0 amide bonds. The molecule has 102 valence electrons. The minimum absolute atomic E-state index is 0.0662. The third-order valence-corrected chi connectivity index (χ3v) is 2.57. The normalized spacial score (nSPS) is 10.4. The molecule has 1 aromatic rings. The summed E-state index contributed by atoms with van der Waals surface area (Å²) >= 11 is 0. The number of unbranched alkanes of at least 4 members (excludes halogenated alkanes) is 1. The first-order chi connectivity index (χ1) is 8.83. The molecule has 0 aliphatic carbocycles. The van der Waals surface area contributed by atoms with Crippen molar-refractivity contribution in [2.24, 2.45) is 0 Å². The summed E-state index contributed by atoms with van der Waals surface area (Å²) < 4.78 is 16.2. The maximum Gasteiger partial charge on any atom is 0.166 e. The second-order valence-corrected chi connectivity index (χ2v) is 3.92. The third-order valence-electron chi connectivity index (χ3n) is 2.57. The summed E-state index contributed by atoms with van der Waals surface area (Å²) in [5, 5.41) is 9.24. The molecule has 0 aliphatic rings. The van der Waals surface area contributed by atoms with E-state index in [9.17, 15) is 5.11 Å². The lowest BCUT2D eigenvalue weighted by Crippen LogP contribution is -2.09. The standard InChI is InChI=1S/C14H22O4/c1-3-4-8-17-9-10-18-14-12(11-15)6-5-7-13(14)16-2/h5-7,15H,3-4,8-11H2,1-2H3. The summed E-state index contributed by atoms with van der Waals surface area (Å²) in [4.78, 5) is 0. The van der Waals surface area contributed by atoms with Gasteiger partial charge in [0.15, 0.2) is 11.5 Å². The van der Waals surface area contributed by atoms with Gasteiger partial charge in [-0.2, -0.15) is 0 Å². The Hall–Kier alpha value is -1.26. The van der Waals surface area contributed by atoms with E-state index in [1.807, 2.05) is 18.2 Å². The van der Waals surface area contributed by atoms with Crippen molar-refractivity contribution in [3.05, 3.63) is 23.8 Å². The maximum atomic E-state index is 9.24. The van der Waals surface area contributed by atoms with Crippen molar-refractivity contribution in [2.45, 2.75) is 26.4 Å². The molecule has 1 rings (SSSR count). The quantitative estimate of drug-likeness (QED) is 0.687. The van der Waals surface area contributed by atoms with E-state index in [2.05, 4.69) is 6.92 Å². The number of methoxy groups -OCH3 is 1. The van der Waals surface area contributed by atoms with E-state index in [-0.39, 0.29) is 6.61 Å². The number of hydrogen-bond acceptors (Lipinski definition) is 4. The Morgan fingerprint density at radius 2 is 2.00 bits per heavy atom. The topological polar surface area (TPSA) is 47.9 Å². The van der Waals surface area contributed by atoms with Gasteiger partial charge in [0.25, 0.3) is 0 Å². The number of hydrogen-bond donors (Lipinski definition) is 1. The largest absolute Gasteiger partial charge is 0.493 e. The highest BCUT2D eigenvalue weighted by atomic mass is 16.5. The van der Waals surface area contributed by atoms with E-state index < -0.39 is 0 Å². The van der Waals surface area contributed by atoms with E-state index in [0.29, 0.717) is 24.7 Å². The lowest BCUT2D eigenvalue weighted by Gasteiger charge is -2.14. The predicted molar refractivity (Wildman–Crippen MR) is 70.1 cm³/mol. The van der Waals surface area contributed by atoms with E-state index in [0.717, 1.165) is 25.0 Å². The lowest BCUT2D eigenvalue weighted by molar-refractivity contribution is 0.0960. The number of ether oxygens (including phenoxy) is 3. The molecule has 0 radical (unpaired) electrons. The van der Waals surface area contributed by atoms with Crippen LogP contribution in [0.25, 0.3) is 0 Å². The number of aliphatic hydroxyl groups excluding tert-OH is 1. The first kappa shape index (κ1) is 14.8. The van der Waals surface area contributed by atoms with Crippen LogP contribution in [0, 0.1) is 0 Å². The molecule has 0 spiro atoms. The van der Waals surface area contributed by atoms with Gasteiger partial charge >= 0.3 is 0 Å². The highest BCUT2D eigenvalue weighted by molar-refractivity contribution is 5.46. The van der Waals surface area contributed by atoms with Gasteiger partial charge in [-0.15, -0.1) is 0 Å². The molecule has 0 bridgehead atoms. The molecule has 0 fully saturated rings. The van der Waals surface area contributed by atoms with Crippen LogP contribution in [0.3, 0.4) is 0 Å². The van der Waals surface area contributed by atoms with Crippen molar-refractivity contribution < 1.29 is 19.3 Å². The average molecular weight is 254 g/mol. The van der Waals surface area contributed by atoms with Crippen LogP contribution in [-0.2, 0) is 11.3 Å². The van der Waals surface area contributed by atoms with E-state index in [1.54, 1.807) is 7.11 Å². The molecule has 4 heteroatoms. The van der Waals surface area contributed by atoms with E-state index >= 15 is 0 Å². The minimum Gasteiger partial charge on any atom is -0.493 e. The van der Waals surface area contributed by atoms with Crippen molar-refractivity contribution >= 4 is 0 Å². The number of benzene rings is 1. The van der Waals surface area contributed by atoms with Crippen LogP contribution >= 0.6 is 0 Å². The van der Waals surface area contributed by atoms with Gasteiger partial charge in [-0.1, -0.05) is 25.5 Å². The van der Waals surface area contributed by atoms with Crippen molar-refractivity contribution in [1.82, 2.24) is 0 Å². The third kappa shape index (κ3) is 4.55. The van der Waals surface area contributed by atoms with Gasteiger partial charge in [-0.3, -0.25) is 0 Å². The van der Waals surface area contributed by atoms with Crippen LogP contribution < -0.4 is 9.47 Å². The summed E-state index contributed by atoms with van der Waals surface area (Å²) in [6.07, 6.45) is 2.19. The molecule has 0 aliphatic heterocycles. The SMILES string of the molecule is CCCCOCCOc1c(CO)cccc1OC. The first-order valence-corrected chi connectivity index (χ1v) is 6.30. The molecule has 1 N–H and O–H groups in total. The van der Waals surface area contributed by atoms with E-state index in [1.165, 1.54) is 0 Å². The maximum absolute atomic E-state index is 9.24. The zero-order valence-corrected chi connectivity index (χ0v) is 11.1. The van der Waals surface area contributed by atoms with Crippen LogP contribution in [-0.4, -0.2) is 32.0 Å². The molecule has 0 unspecified atom stereocenters. The van der Waals surface area contributed by atoms with Crippen molar-refractivity contribution in [3.63, 3.8) is 0 Å². The van der Waals surface area contributed by atoms with Crippen LogP contribution in [0.5, 0.6) is 11.5 Å². The van der Waals surface area contributed by atoms with Crippen LogP contribution in [0.1, 0.15) is 25.3 Å². The Balaban J connectivity index is 2.45. The minimum atomic E-state index is -0.0662. The molecule has 0 heterocycles. The average Bonchev–Trinajstić information content (AvgIpc) is 2.42. The van der Waals surface area contributed by atoms with Crippen LogP contribution in [0.4, 0.5) is 0 Å². The van der Waals surface area contributed by atoms with Gasteiger partial charge in [-0.05, 0) is 12.5 Å². The molecule has 1 aromatic carbocycles. The fraction of sp³-hybridized carbons (Fsp3) is 0.571. The van der Waals surface area contributed by atoms with Crippen molar-refractivity contribution in [2.75, 3.05) is 26.9 Å². The smallest absolute Gasteiger partial charge is 0.166 e. The Kier molecular flexibility index (Phi) is 7.22. The molecule has 0 aromatic heterocycles. The summed E-state index contributed by atoms with van der Waals surface area (Å²) in [5.74, 6) is 1.23. The fourth-order valence-corrected chi connectivity index (χ4v) is 1.56. The number of para-hydroxylation sites is 1. The molecule has 0 atom stereocenters. The van der Waals surface area contributed by atoms with Gasteiger partial charge in [0.05, 0.1) is 20.3 Å². The summed E-state index contributed by atoms with van der Waals surface area (Å²) in [7, 11) is 1.58. The Morgan fingerprint density at radius 1 is 1.17 bits per heavy atom. The van der Waals surface area contributed by atoms with E-state index in [4.69, 9.17) is 14.2 Å².